The molecule has 1 atom stereocenters. The summed E-state index contributed by atoms with van der Waals surface area (Å²) < 4.78 is 0. The largest absolute Gasteiger partial charge is 0.369 e. The summed E-state index contributed by atoms with van der Waals surface area (Å²) in [5, 5.41) is 4.66. The van der Waals surface area contributed by atoms with Gasteiger partial charge in [-0.25, -0.2) is 0 Å². The van der Waals surface area contributed by atoms with Crippen LogP contribution in [0.4, 0.5) is 0 Å². The monoisotopic (exact) mass is 187 g/mol. The van der Waals surface area contributed by atoms with E-state index in [1.54, 1.807) is 0 Å². The van der Waals surface area contributed by atoms with E-state index in [1.807, 2.05) is 0 Å². The highest BCUT2D eigenvalue weighted by Gasteiger charge is 2.17. The van der Waals surface area contributed by atoms with Gasteiger partial charge in [0, 0.05) is 20.0 Å². The molecule has 0 heterocycles. The van der Waals surface area contributed by atoms with Gasteiger partial charge < -0.3 is 16.4 Å². The SMILES string of the molecule is CNC(=O)C[C@@H](CNC=O)C(N)=O. The second-order valence-electron chi connectivity index (χ2n) is 2.50. The van der Waals surface area contributed by atoms with Gasteiger partial charge in [0.05, 0.1) is 5.92 Å². The van der Waals surface area contributed by atoms with Crippen LogP contribution in [0, 0.1) is 5.92 Å². The van der Waals surface area contributed by atoms with Crippen LogP contribution in [0.5, 0.6) is 0 Å². The smallest absolute Gasteiger partial charge is 0.222 e. The molecule has 13 heavy (non-hydrogen) atoms. The molecule has 0 aliphatic heterocycles. The third kappa shape index (κ3) is 4.78. The number of nitrogens with two attached hydrogens (primary N) is 1. The summed E-state index contributed by atoms with van der Waals surface area (Å²) in [6, 6.07) is 0. The molecular weight excluding hydrogens is 174 g/mol. The highest BCUT2D eigenvalue weighted by atomic mass is 16.2. The number of carbonyl (C=O) groups excluding carboxylic acids is 3. The van der Waals surface area contributed by atoms with E-state index in [2.05, 4.69) is 10.6 Å². The number of primary amides is 1. The average molecular weight is 187 g/mol. The van der Waals surface area contributed by atoms with Gasteiger partial charge in [0.1, 0.15) is 0 Å². The molecule has 0 fully saturated rings. The topological polar surface area (TPSA) is 101 Å². The van der Waals surface area contributed by atoms with E-state index in [9.17, 15) is 14.4 Å². The minimum absolute atomic E-state index is 0.00727. The molecule has 0 aromatic rings. The summed E-state index contributed by atoms with van der Waals surface area (Å²) in [4.78, 5) is 31.5. The van der Waals surface area contributed by atoms with Gasteiger partial charge >= 0.3 is 0 Å². The first-order valence-electron chi connectivity index (χ1n) is 3.78. The van der Waals surface area contributed by atoms with Crippen molar-refractivity contribution in [3.8, 4) is 0 Å². The summed E-state index contributed by atoms with van der Waals surface area (Å²) in [6.45, 7) is 0.0895. The normalized spacial score (nSPS) is 11.5. The van der Waals surface area contributed by atoms with Gasteiger partial charge in [-0.1, -0.05) is 0 Å². The number of hydrogen-bond donors (Lipinski definition) is 3. The maximum atomic E-state index is 10.9. The third-order valence-corrected chi connectivity index (χ3v) is 1.56. The van der Waals surface area contributed by atoms with Gasteiger partial charge in [-0.2, -0.15) is 0 Å². The van der Waals surface area contributed by atoms with Gasteiger partial charge in [-0.15, -0.1) is 0 Å². The zero-order valence-electron chi connectivity index (χ0n) is 7.37. The number of nitrogens with one attached hydrogen (secondary N) is 2. The first-order valence-corrected chi connectivity index (χ1v) is 3.78. The first kappa shape index (κ1) is 11.4. The lowest BCUT2D eigenvalue weighted by Crippen LogP contribution is -2.36. The summed E-state index contributed by atoms with van der Waals surface area (Å²) in [6.07, 6.45) is 0.451. The van der Waals surface area contributed by atoms with Crippen LogP contribution in [0.1, 0.15) is 6.42 Å². The molecule has 3 amide bonds. The van der Waals surface area contributed by atoms with Crippen molar-refractivity contribution in [3.63, 3.8) is 0 Å². The van der Waals surface area contributed by atoms with Gasteiger partial charge in [0.25, 0.3) is 0 Å². The van der Waals surface area contributed by atoms with Crippen LogP contribution in [0.2, 0.25) is 0 Å². The van der Waals surface area contributed by atoms with Gasteiger partial charge in [0.2, 0.25) is 18.2 Å². The number of carbonyl (C=O) groups is 3. The molecular formula is C7H13N3O3. The molecule has 0 rings (SSSR count). The zero-order chi connectivity index (χ0) is 10.3. The van der Waals surface area contributed by atoms with Crippen molar-refractivity contribution in [2.45, 2.75) is 6.42 Å². The fraction of sp³-hybridized carbons (Fsp3) is 0.571. The van der Waals surface area contributed by atoms with E-state index in [0.717, 1.165) is 0 Å². The predicted octanol–water partition coefficient (Wildman–Crippen LogP) is -2.03. The van der Waals surface area contributed by atoms with E-state index >= 15 is 0 Å². The third-order valence-electron chi connectivity index (χ3n) is 1.56. The van der Waals surface area contributed by atoms with Crippen LogP contribution in [-0.2, 0) is 14.4 Å². The number of amides is 3. The Labute approximate surface area is 75.9 Å². The lowest BCUT2D eigenvalue weighted by molar-refractivity contribution is -0.128. The minimum Gasteiger partial charge on any atom is -0.369 e. The average Bonchev–Trinajstić information content (AvgIpc) is 2.11. The van der Waals surface area contributed by atoms with E-state index in [4.69, 9.17) is 5.73 Å². The minimum atomic E-state index is -0.648. The Hall–Kier alpha value is -1.59. The van der Waals surface area contributed by atoms with Crippen molar-refractivity contribution < 1.29 is 14.4 Å². The molecule has 0 unspecified atom stereocenters. The molecule has 74 valence electrons. The van der Waals surface area contributed by atoms with Crippen LogP contribution in [0.15, 0.2) is 0 Å². The molecule has 0 spiro atoms. The molecule has 0 radical (unpaired) electrons. The highest BCUT2D eigenvalue weighted by Crippen LogP contribution is 1.99. The molecule has 0 aliphatic rings. The Balaban J connectivity index is 4.01. The van der Waals surface area contributed by atoms with Crippen molar-refractivity contribution in [2.75, 3.05) is 13.6 Å². The van der Waals surface area contributed by atoms with E-state index < -0.39 is 11.8 Å². The molecule has 0 aliphatic carbocycles. The molecule has 0 saturated carbocycles. The van der Waals surface area contributed by atoms with Crippen molar-refractivity contribution >= 4 is 18.2 Å². The summed E-state index contributed by atoms with van der Waals surface area (Å²) in [5.41, 5.74) is 5.01. The van der Waals surface area contributed by atoms with E-state index in [0.29, 0.717) is 6.41 Å². The van der Waals surface area contributed by atoms with Gasteiger partial charge in [0.15, 0.2) is 0 Å². The second-order valence-corrected chi connectivity index (χ2v) is 2.50. The Morgan fingerprint density at radius 1 is 1.54 bits per heavy atom. The van der Waals surface area contributed by atoms with Crippen LogP contribution < -0.4 is 16.4 Å². The molecule has 0 bridgehead atoms. The predicted molar refractivity (Wildman–Crippen MR) is 45.4 cm³/mol. The van der Waals surface area contributed by atoms with Crippen molar-refractivity contribution in [3.05, 3.63) is 0 Å². The van der Waals surface area contributed by atoms with Crippen molar-refractivity contribution in [2.24, 2.45) is 11.7 Å². The second kappa shape index (κ2) is 5.99. The van der Waals surface area contributed by atoms with Gasteiger partial charge in [-0.3, -0.25) is 14.4 Å². The fourth-order valence-electron chi connectivity index (χ4n) is 0.790. The Bertz CT molecular complexity index is 205. The Kier molecular flexibility index (Phi) is 5.25. The summed E-state index contributed by atoms with van der Waals surface area (Å²) in [5.74, 6) is -1.53. The Morgan fingerprint density at radius 3 is 2.54 bits per heavy atom. The fourth-order valence-corrected chi connectivity index (χ4v) is 0.790. The van der Waals surface area contributed by atoms with Crippen molar-refractivity contribution in [1.82, 2.24) is 10.6 Å². The zero-order valence-corrected chi connectivity index (χ0v) is 7.37. The maximum absolute atomic E-state index is 10.9. The summed E-state index contributed by atoms with van der Waals surface area (Å²) >= 11 is 0. The molecule has 0 aromatic heterocycles. The quantitative estimate of drug-likeness (QED) is 0.418. The maximum Gasteiger partial charge on any atom is 0.222 e. The van der Waals surface area contributed by atoms with Crippen LogP contribution in [-0.4, -0.2) is 31.8 Å². The number of rotatable bonds is 6. The number of hydrogen-bond acceptors (Lipinski definition) is 3. The molecule has 0 aromatic carbocycles. The Morgan fingerprint density at radius 2 is 2.15 bits per heavy atom. The van der Waals surface area contributed by atoms with E-state index in [1.165, 1.54) is 7.05 Å². The van der Waals surface area contributed by atoms with E-state index in [-0.39, 0.29) is 18.9 Å². The molecule has 6 nitrogen and oxygen atoms in total. The lowest BCUT2D eigenvalue weighted by atomic mass is 10.0. The molecule has 0 saturated heterocycles. The molecule has 4 N–H and O–H groups in total. The molecule has 6 heteroatoms. The van der Waals surface area contributed by atoms with Crippen LogP contribution >= 0.6 is 0 Å². The van der Waals surface area contributed by atoms with Gasteiger partial charge in [-0.05, 0) is 0 Å². The lowest BCUT2D eigenvalue weighted by Gasteiger charge is -2.10. The highest BCUT2D eigenvalue weighted by molar-refractivity contribution is 5.85. The first-order chi connectivity index (χ1) is 6.11. The van der Waals surface area contributed by atoms with Crippen LogP contribution in [0.25, 0.3) is 0 Å². The standard InChI is InChI=1S/C7H13N3O3/c1-9-6(12)2-5(7(8)13)3-10-4-11/h4-5H,2-3H2,1H3,(H2,8,13)(H,9,12)(H,10,11)/t5-/m0/s1. The van der Waals surface area contributed by atoms with Crippen molar-refractivity contribution in [1.29, 1.82) is 0 Å². The summed E-state index contributed by atoms with van der Waals surface area (Å²) in [7, 11) is 1.47. The van der Waals surface area contributed by atoms with Crippen LogP contribution in [0.3, 0.4) is 0 Å².